The Labute approximate surface area is 256 Å². The maximum Gasteiger partial charge on any atom is 0.333 e. The lowest BCUT2D eigenvalue weighted by molar-refractivity contribution is -0.386. The molecule has 3 aromatic heterocycles. The molecule has 0 unspecified atom stereocenters. The van der Waals surface area contributed by atoms with Gasteiger partial charge < -0.3 is 34.5 Å². The molecule has 0 atom stereocenters. The molecule has 244 valence electrons. The number of aliphatic hydroxyl groups is 1. The van der Waals surface area contributed by atoms with Crippen molar-refractivity contribution in [2.24, 2.45) is 0 Å². The molecule has 19 heteroatoms. The number of aliphatic hydroxyl groups excluding tert-OH is 1. The molecule has 0 saturated carbocycles. The molecule has 0 amide bonds. The second kappa shape index (κ2) is 23.1. The van der Waals surface area contributed by atoms with Crippen LogP contribution in [-0.4, -0.2) is 90.9 Å². The highest BCUT2D eigenvalue weighted by Gasteiger charge is 2.18. The fourth-order valence-electron chi connectivity index (χ4n) is 2.43. The van der Waals surface area contributed by atoms with Crippen LogP contribution in [0.5, 0.6) is 11.8 Å². The number of rotatable bonds is 12. The van der Waals surface area contributed by atoms with Crippen molar-refractivity contribution in [2.45, 2.75) is 6.92 Å². The summed E-state index contributed by atoms with van der Waals surface area (Å²) in [7, 11) is 4.64. The quantitative estimate of drug-likeness (QED) is 0.124. The van der Waals surface area contributed by atoms with Crippen LogP contribution in [0.2, 0.25) is 5.15 Å². The first kappa shape index (κ1) is 39.6. The average Bonchev–Trinajstić information content (AvgIpc) is 2.97. The van der Waals surface area contributed by atoms with Gasteiger partial charge in [0.25, 0.3) is 5.88 Å². The van der Waals surface area contributed by atoms with E-state index in [4.69, 9.17) is 41.4 Å². The third kappa shape index (κ3) is 16.9. The maximum atomic E-state index is 12.6. The SMILES string of the molecule is COCCO.COCCOc1ncc(C)cc1N.COCCOc1ncc(F)cc1[N+](=O)[O-].O=[N+]([O-])c1cc(F)cnc1Cl. The van der Waals surface area contributed by atoms with Crippen LogP contribution < -0.4 is 15.2 Å². The van der Waals surface area contributed by atoms with E-state index in [1.807, 2.05) is 13.0 Å². The van der Waals surface area contributed by atoms with Crippen molar-refractivity contribution in [3.05, 3.63) is 79.4 Å². The van der Waals surface area contributed by atoms with Crippen molar-refractivity contribution in [3.8, 4) is 11.8 Å². The summed E-state index contributed by atoms with van der Waals surface area (Å²) < 4.78 is 49.1. The third-order valence-corrected chi connectivity index (χ3v) is 4.63. The Balaban J connectivity index is 0.000000590. The Kier molecular flexibility index (Phi) is 20.8. The largest absolute Gasteiger partial charge is 0.474 e. The lowest BCUT2D eigenvalue weighted by Gasteiger charge is -2.06. The Morgan fingerprint density at radius 1 is 0.795 bits per heavy atom. The minimum atomic E-state index is -0.793. The van der Waals surface area contributed by atoms with Crippen molar-refractivity contribution in [3.63, 3.8) is 0 Å². The van der Waals surface area contributed by atoms with E-state index in [2.05, 4.69) is 19.7 Å². The van der Waals surface area contributed by atoms with Gasteiger partial charge in [-0.25, -0.2) is 23.7 Å². The number of ether oxygens (including phenoxy) is 5. The Hall–Kier alpha value is -4.36. The number of nitro groups is 2. The van der Waals surface area contributed by atoms with E-state index in [1.54, 1.807) is 20.4 Å². The van der Waals surface area contributed by atoms with Crippen LogP contribution in [0, 0.1) is 38.8 Å². The molecule has 3 heterocycles. The van der Waals surface area contributed by atoms with Gasteiger partial charge in [-0.1, -0.05) is 11.6 Å². The van der Waals surface area contributed by atoms with Crippen molar-refractivity contribution in [1.29, 1.82) is 0 Å². The van der Waals surface area contributed by atoms with Crippen molar-refractivity contribution >= 4 is 28.7 Å². The Bertz CT molecular complexity index is 1290. The van der Waals surface area contributed by atoms with E-state index in [0.29, 0.717) is 31.4 Å². The number of aryl methyl sites for hydroxylation is 1. The van der Waals surface area contributed by atoms with Gasteiger partial charge in [0.05, 0.1) is 66.5 Å². The van der Waals surface area contributed by atoms with Gasteiger partial charge in [-0.3, -0.25) is 20.2 Å². The van der Waals surface area contributed by atoms with E-state index in [0.717, 1.165) is 30.1 Å². The molecule has 0 spiro atoms. The summed E-state index contributed by atoms with van der Waals surface area (Å²) in [5.41, 5.74) is 6.25. The average molecular weight is 651 g/mol. The van der Waals surface area contributed by atoms with Crippen LogP contribution in [0.25, 0.3) is 0 Å². The minimum Gasteiger partial charge on any atom is -0.474 e. The predicted molar refractivity (Wildman–Crippen MR) is 154 cm³/mol. The minimum absolute atomic E-state index is 0.121. The first-order chi connectivity index (χ1) is 20.9. The van der Waals surface area contributed by atoms with E-state index in [9.17, 15) is 29.0 Å². The highest BCUT2D eigenvalue weighted by molar-refractivity contribution is 6.31. The fraction of sp³-hybridized carbons (Fsp3) is 0.400. The monoisotopic (exact) mass is 650 g/mol. The number of anilines is 1. The number of nitrogens with zero attached hydrogens (tertiary/aromatic N) is 5. The molecule has 44 heavy (non-hydrogen) atoms. The summed E-state index contributed by atoms with van der Waals surface area (Å²) in [6, 6.07) is 3.31. The topological polar surface area (TPSA) is 217 Å². The van der Waals surface area contributed by atoms with Crippen LogP contribution in [-0.2, 0) is 14.2 Å². The zero-order valence-electron chi connectivity index (χ0n) is 24.3. The normalized spacial score (nSPS) is 9.73. The smallest absolute Gasteiger partial charge is 0.333 e. The number of halogens is 3. The molecular weight excluding hydrogens is 618 g/mol. The van der Waals surface area contributed by atoms with Gasteiger partial charge in [0.15, 0.2) is 0 Å². The zero-order chi connectivity index (χ0) is 33.5. The van der Waals surface area contributed by atoms with Crippen LogP contribution in [0.4, 0.5) is 25.8 Å². The molecule has 16 nitrogen and oxygen atoms in total. The molecule has 3 aromatic rings. The van der Waals surface area contributed by atoms with E-state index >= 15 is 0 Å². The summed E-state index contributed by atoms with van der Waals surface area (Å²) >= 11 is 5.27. The van der Waals surface area contributed by atoms with Crippen LogP contribution in [0.15, 0.2) is 36.8 Å². The first-order valence-corrected chi connectivity index (χ1v) is 12.6. The van der Waals surface area contributed by atoms with Crippen LogP contribution in [0.1, 0.15) is 5.56 Å². The predicted octanol–water partition coefficient (Wildman–Crippen LogP) is 3.56. The van der Waals surface area contributed by atoms with Gasteiger partial charge in [0.2, 0.25) is 11.0 Å². The number of hydrogen-bond acceptors (Lipinski definition) is 14. The maximum absolute atomic E-state index is 12.6. The van der Waals surface area contributed by atoms with Crippen molar-refractivity contribution < 1.29 is 47.4 Å². The molecule has 0 aliphatic heterocycles. The number of aromatic nitrogens is 3. The van der Waals surface area contributed by atoms with Crippen molar-refractivity contribution in [1.82, 2.24) is 15.0 Å². The van der Waals surface area contributed by atoms with Crippen LogP contribution in [0.3, 0.4) is 0 Å². The second-order valence-corrected chi connectivity index (χ2v) is 8.12. The molecule has 0 bridgehead atoms. The van der Waals surface area contributed by atoms with Gasteiger partial charge in [0.1, 0.15) is 24.8 Å². The van der Waals surface area contributed by atoms with Crippen LogP contribution >= 0.6 is 11.6 Å². The first-order valence-electron chi connectivity index (χ1n) is 12.2. The highest BCUT2D eigenvalue weighted by Crippen LogP contribution is 2.24. The molecule has 3 rings (SSSR count). The molecule has 3 N–H and O–H groups in total. The lowest BCUT2D eigenvalue weighted by Crippen LogP contribution is -2.07. The highest BCUT2D eigenvalue weighted by atomic mass is 35.5. The molecule has 0 fully saturated rings. The molecule has 0 saturated heterocycles. The summed E-state index contributed by atoms with van der Waals surface area (Å²) in [4.78, 5) is 29.8. The number of pyridine rings is 3. The van der Waals surface area contributed by atoms with Gasteiger partial charge >= 0.3 is 11.4 Å². The van der Waals surface area contributed by atoms with E-state index in [1.165, 1.54) is 7.11 Å². The van der Waals surface area contributed by atoms with Gasteiger partial charge in [-0.15, -0.1) is 0 Å². The molecule has 0 radical (unpaired) electrons. The van der Waals surface area contributed by atoms with Gasteiger partial charge in [0, 0.05) is 27.5 Å². The Morgan fingerprint density at radius 2 is 1.27 bits per heavy atom. The molecular formula is C25H33ClF2N6O10. The number of hydrogen-bond donors (Lipinski definition) is 2. The second-order valence-electron chi connectivity index (χ2n) is 7.76. The summed E-state index contributed by atoms with van der Waals surface area (Å²) in [6.07, 6.45) is 3.39. The fourth-order valence-corrected chi connectivity index (χ4v) is 2.60. The zero-order valence-corrected chi connectivity index (χ0v) is 25.0. The van der Waals surface area contributed by atoms with E-state index < -0.39 is 32.9 Å². The number of methoxy groups -OCH3 is 3. The molecule has 0 aromatic carbocycles. The third-order valence-electron chi connectivity index (χ3n) is 4.34. The molecule has 0 aliphatic carbocycles. The van der Waals surface area contributed by atoms with Gasteiger partial charge in [-0.2, -0.15) is 0 Å². The van der Waals surface area contributed by atoms with Crippen molar-refractivity contribution in [2.75, 3.05) is 66.7 Å². The number of nitrogen functional groups attached to an aromatic ring is 1. The van der Waals surface area contributed by atoms with Gasteiger partial charge in [-0.05, 0) is 18.6 Å². The summed E-state index contributed by atoms with van der Waals surface area (Å²) in [5.74, 6) is -1.29. The Morgan fingerprint density at radius 3 is 1.70 bits per heavy atom. The van der Waals surface area contributed by atoms with E-state index in [-0.39, 0.29) is 30.9 Å². The summed E-state index contributed by atoms with van der Waals surface area (Å²) in [5, 5.41) is 28.2. The number of nitrogens with two attached hydrogens (primary N) is 1. The lowest BCUT2D eigenvalue weighted by atomic mass is 10.3. The summed E-state index contributed by atoms with van der Waals surface area (Å²) in [6.45, 7) is 3.90. The molecule has 0 aliphatic rings. The standard InChI is InChI=1S/C9H14N2O2.C8H9FN2O4.C5H2ClFN2O2.C3H8O2/c1-7-5-8(10)9(11-6-7)13-4-3-12-2;1-14-2-3-15-8-7(11(12)13)4-6(9)5-10-8;6-5-4(9(10)11)1-3(7)2-8-5;1-5-3-2-4/h5-6H,3-4,10H2,1-2H3;4-5H,2-3H2,1H3;1-2H;4H,2-3H2,1H3.